The number of carbonyl (C=O) groups excluding carboxylic acids is 1. The summed E-state index contributed by atoms with van der Waals surface area (Å²) in [6.45, 7) is 1.44. The number of sulfonamides is 1. The van der Waals surface area contributed by atoms with Crippen LogP contribution in [0.1, 0.15) is 23.0 Å². The third-order valence-electron chi connectivity index (χ3n) is 4.68. The predicted octanol–water partition coefficient (Wildman–Crippen LogP) is 2.15. The summed E-state index contributed by atoms with van der Waals surface area (Å²) in [5.74, 6) is -1.86. The fourth-order valence-electron chi connectivity index (χ4n) is 3.02. The largest absolute Gasteiger partial charge is 0.495 e. The van der Waals surface area contributed by atoms with E-state index < -0.39 is 39.0 Å². The molecule has 0 spiro atoms. The Morgan fingerprint density at radius 2 is 2.13 bits per heavy atom. The maximum atomic E-state index is 14.8. The first-order valence-electron chi connectivity index (χ1n) is 8.61. The lowest BCUT2D eigenvalue weighted by atomic mass is 9.92. The highest BCUT2D eigenvalue weighted by molar-refractivity contribution is 7.89. The van der Waals surface area contributed by atoms with Gasteiger partial charge in [0, 0.05) is 18.3 Å². The minimum atomic E-state index is -3.85. The van der Waals surface area contributed by atoms with Crippen molar-refractivity contribution >= 4 is 39.2 Å². The standard InChI is InChI=1S/C18H19ClFN5O4S/c1-18(9-30(27,28)25(2)17(21)24-18)12-6-10(7-13(19)15(12)20)23-16(26)14-5-4-11(29-3)8-22-14/h4-8H,9H2,1-3H3,(H2,21,24)(H,23,26)/t18-/m0/s1. The van der Waals surface area contributed by atoms with Crippen molar-refractivity contribution in [3.05, 3.63) is 52.6 Å². The molecular formula is C18H19ClFN5O4S. The minimum Gasteiger partial charge on any atom is -0.495 e. The Labute approximate surface area is 177 Å². The molecule has 1 fully saturated rings. The Kier molecular flexibility index (Phi) is 5.61. The van der Waals surface area contributed by atoms with Gasteiger partial charge in [0.2, 0.25) is 16.0 Å². The van der Waals surface area contributed by atoms with Gasteiger partial charge >= 0.3 is 0 Å². The molecule has 1 saturated heterocycles. The van der Waals surface area contributed by atoms with Crippen molar-refractivity contribution in [2.45, 2.75) is 12.5 Å². The van der Waals surface area contributed by atoms with Crippen molar-refractivity contribution in [1.29, 1.82) is 5.41 Å². The number of aromatic nitrogens is 1. The smallest absolute Gasteiger partial charge is 0.274 e. The number of hydrogen-bond donors (Lipinski definition) is 3. The van der Waals surface area contributed by atoms with Gasteiger partial charge in [0.15, 0.2) is 0 Å². The Morgan fingerprint density at radius 1 is 1.43 bits per heavy atom. The highest BCUT2D eigenvalue weighted by atomic mass is 35.5. The van der Waals surface area contributed by atoms with Gasteiger partial charge < -0.3 is 15.4 Å². The number of ether oxygens (including phenoxy) is 1. The summed E-state index contributed by atoms with van der Waals surface area (Å²) in [4.78, 5) is 16.5. The summed E-state index contributed by atoms with van der Waals surface area (Å²) in [5.41, 5.74) is -1.35. The number of carbonyl (C=O) groups is 1. The average molecular weight is 456 g/mol. The molecule has 2 aromatic rings. The number of rotatable bonds is 4. The van der Waals surface area contributed by atoms with E-state index in [1.54, 1.807) is 6.07 Å². The van der Waals surface area contributed by atoms with Crippen LogP contribution in [0.25, 0.3) is 0 Å². The Morgan fingerprint density at radius 3 is 2.70 bits per heavy atom. The quantitative estimate of drug-likeness (QED) is 0.648. The Balaban J connectivity index is 1.96. The summed E-state index contributed by atoms with van der Waals surface area (Å²) in [5, 5.41) is 12.8. The van der Waals surface area contributed by atoms with Crippen LogP contribution in [0.4, 0.5) is 10.1 Å². The molecule has 3 N–H and O–H groups in total. The van der Waals surface area contributed by atoms with E-state index in [0.717, 1.165) is 4.31 Å². The molecule has 0 aliphatic carbocycles. The summed E-state index contributed by atoms with van der Waals surface area (Å²) < 4.78 is 45.4. The molecule has 160 valence electrons. The van der Waals surface area contributed by atoms with E-state index in [0.29, 0.717) is 5.75 Å². The molecule has 1 aromatic heterocycles. The molecule has 0 saturated carbocycles. The average Bonchev–Trinajstić information content (AvgIpc) is 2.68. The van der Waals surface area contributed by atoms with Crippen LogP contribution in [0.15, 0.2) is 30.5 Å². The van der Waals surface area contributed by atoms with Crippen LogP contribution < -0.4 is 15.4 Å². The lowest BCUT2D eigenvalue weighted by Gasteiger charge is -2.40. The fraction of sp³-hybridized carbons (Fsp3) is 0.278. The number of benzene rings is 1. The van der Waals surface area contributed by atoms with Crippen molar-refractivity contribution in [2.24, 2.45) is 0 Å². The second-order valence-corrected chi connectivity index (χ2v) is 9.29. The first-order chi connectivity index (χ1) is 14.0. The van der Waals surface area contributed by atoms with Gasteiger partial charge in [-0.2, -0.15) is 0 Å². The van der Waals surface area contributed by atoms with E-state index in [2.05, 4.69) is 15.6 Å². The highest BCUT2D eigenvalue weighted by Crippen LogP contribution is 2.34. The van der Waals surface area contributed by atoms with Gasteiger partial charge in [-0.25, -0.2) is 22.1 Å². The molecule has 0 radical (unpaired) electrons. The van der Waals surface area contributed by atoms with E-state index in [1.165, 1.54) is 45.5 Å². The lowest BCUT2D eigenvalue weighted by Crippen LogP contribution is -2.61. The van der Waals surface area contributed by atoms with Crippen LogP contribution in [0.2, 0.25) is 5.02 Å². The van der Waals surface area contributed by atoms with E-state index in [-0.39, 0.29) is 22.0 Å². The van der Waals surface area contributed by atoms with Crippen LogP contribution in [0.5, 0.6) is 5.75 Å². The Hall–Kier alpha value is -2.92. The maximum absolute atomic E-state index is 14.8. The number of methoxy groups -OCH3 is 1. The first kappa shape index (κ1) is 21.8. The number of anilines is 1. The Bertz CT molecular complexity index is 1130. The number of guanidine groups is 1. The lowest BCUT2D eigenvalue weighted by molar-refractivity contribution is 0.102. The molecule has 12 heteroatoms. The second kappa shape index (κ2) is 7.73. The molecule has 30 heavy (non-hydrogen) atoms. The summed E-state index contributed by atoms with van der Waals surface area (Å²) >= 11 is 6.01. The first-order valence-corrected chi connectivity index (χ1v) is 10.6. The molecule has 2 heterocycles. The molecule has 1 atom stereocenters. The predicted molar refractivity (Wildman–Crippen MR) is 110 cm³/mol. The zero-order valence-electron chi connectivity index (χ0n) is 16.3. The fourth-order valence-corrected chi connectivity index (χ4v) is 4.71. The van der Waals surface area contributed by atoms with Crippen LogP contribution in [0, 0.1) is 11.2 Å². The zero-order valence-corrected chi connectivity index (χ0v) is 17.9. The maximum Gasteiger partial charge on any atom is 0.274 e. The minimum absolute atomic E-state index is 0.0887. The van der Waals surface area contributed by atoms with Crippen LogP contribution in [0.3, 0.4) is 0 Å². The van der Waals surface area contributed by atoms with E-state index in [1.807, 2.05) is 0 Å². The summed E-state index contributed by atoms with van der Waals surface area (Å²) in [6, 6.07) is 5.50. The molecule has 0 unspecified atom stereocenters. The van der Waals surface area contributed by atoms with Crippen molar-refractivity contribution < 1.29 is 22.3 Å². The molecule has 3 rings (SSSR count). The van der Waals surface area contributed by atoms with Gasteiger partial charge in [-0.05, 0) is 31.2 Å². The van der Waals surface area contributed by atoms with Crippen LogP contribution in [-0.4, -0.2) is 49.5 Å². The molecule has 1 aromatic carbocycles. The molecular weight excluding hydrogens is 437 g/mol. The number of amides is 1. The zero-order chi connectivity index (χ0) is 22.3. The van der Waals surface area contributed by atoms with Crippen molar-refractivity contribution in [3.8, 4) is 5.75 Å². The van der Waals surface area contributed by atoms with Crippen molar-refractivity contribution in [2.75, 3.05) is 25.2 Å². The number of halogens is 2. The van der Waals surface area contributed by atoms with Gasteiger partial charge in [-0.1, -0.05) is 11.6 Å². The van der Waals surface area contributed by atoms with Crippen LogP contribution in [-0.2, 0) is 15.6 Å². The third kappa shape index (κ3) is 4.03. The van der Waals surface area contributed by atoms with E-state index in [4.69, 9.17) is 21.7 Å². The molecule has 1 amide bonds. The van der Waals surface area contributed by atoms with Crippen molar-refractivity contribution in [1.82, 2.24) is 14.6 Å². The summed E-state index contributed by atoms with van der Waals surface area (Å²) in [7, 11) is -1.16. The van der Waals surface area contributed by atoms with E-state index >= 15 is 0 Å². The normalized spacial score (nSPS) is 20.4. The number of nitrogens with zero attached hydrogens (tertiary/aromatic N) is 2. The SMILES string of the molecule is COc1ccc(C(=O)Nc2cc(Cl)c(F)c([C@]3(C)CS(=O)(=O)N(C)C(=N)N3)c2)nc1. The number of pyridine rings is 1. The van der Waals surface area contributed by atoms with Gasteiger partial charge in [-0.15, -0.1) is 0 Å². The van der Waals surface area contributed by atoms with E-state index in [9.17, 15) is 17.6 Å². The van der Waals surface area contributed by atoms with Gasteiger partial charge in [-0.3, -0.25) is 10.2 Å². The molecule has 9 nitrogen and oxygen atoms in total. The number of nitrogens with one attached hydrogen (secondary N) is 3. The number of hydrogen-bond acceptors (Lipinski definition) is 6. The van der Waals surface area contributed by atoms with Crippen LogP contribution >= 0.6 is 11.6 Å². The molecule has 0 bridgehead atoms. The monoisotopic (exact) mass is 455 g/mol. The highest BCUT2D eigenvalue weighted by Gasteiger charge is 2.43. The van der Waals surface area contributed by atoms with Gasteiger partial charge in [0.05, 0.1) is 29.6 Å². The van der Waals surface area contributed by atoms with Gasteiger partial charge in [0.1, 0.15) is 17.3 Å². The topological polar surface area (TPSA) is 124 Å². The van der Waals surface area contributed by atoms with Gasteiger partial charge in [0.25, 0.3) is 5.91 Å². The third-order valence-corrected chi connectivity index (χ3v) is 6.92. The summed E-state index contributed by atoms with van der Waals surface area (Å²) in [6.07, 6.45) is 1.37. The molecule has 1 aliphatic rings. The molecule has 1 aliphatic heterocycles. The van der Waals surface area contributed by atoms with Crippen molar-refractivity contribution in [3.63, 3.8) is 0 Å². The second-order valence-electron chi connectivity index (χ2n) is 6.89.